The summed E-state index contributed by atoms with van der Waals surface area (Å²) >= 11 is 0. The third-order valence-corrected chi connectivity index (χ3v) is 6.94. The number of hydrogen-bond acceptors (Lipinski definition) is 11. The molecule has 14 heteroatoms. The summed E-state index contributed by atoms with van der Waals surface area (Å²) in [6.45, 7) is 1.85. The second-order valence-electron chi connectivity index (χ2n) is 9.91. The van der Waals surface area contributed by atoms with Crippen LogP contribution in [-0.4, -0.2) is 73.7 Å². The highest BCUT2D eigenvalue weighted by Gasteiger charge is 2.46. The number of nitrogens with one attached hydrogen (secondary N) is 1. The molecule has 6 rings (SSSR count). The Labute approximate surface area is 238 Å². The lowest BCUT2D eigenvalue weighted by molar-refractivity contribution is -0.135. The third-order valence-electron chi connectivity index (χ3n) is 6.94. The number of piperidine rings is 1. The second kappa shape index (κ2) is 10.7. The van der Waals surface area contributed by atoms with E-state index in [4.69, 9.17) is 14.2 Å². The zero-order valence-corrected chi connectivity index (χ0v) is 22.9. The minimum absolute atomic E-state index is 0.00856. The Morgan fingerprint density at radius 1 is 1.14 bits per heavy atom. The van der Waals surface area contributed by atoms with Crippen molar-refractivity contribution in [3.8, 4) is 29.3 Å². The molecule has 0 bridgehead atoms. The Kier molecular flexibility index (Phi) is 6.87. The number of ether oxygens (including phenoxy) is 3. The van der Waals surface area contributed by atoms with E-state index in [9.17, 15) is 14.0 Å². The van der Waals surface area contributed by atoms with E-state index in [1.54, 1.807) is 30.1 Å². The van der Waals surface area contributed by atoms with Gasteiger partial charge in [0.2, 0.25) is 5.88 Å². The number of likely N-dealkylation sites (tertiary alicyclic amines) is 1. The van der Waals surface area contributed by atoms with Gasteiger partial charge in [-0.3, -0.25) is 4.98 Å². The Morgan fingerprint density at radius 3 is 2.76 bits per heavy atom. The van der Waals surface area contributed by atoms with Crippen LogP contribution in [0.2, 0.25) is 0 Å². The minimum Gasteiger partial charge on any atom is -0.478 e. The van der Waals surface area contributed by atoms with Gasteiger partial charge in [-0.05, 0) is 37.7 Å². The molecule has 5 aromatic rings. The molecule has 1 aliphatic rings. The van der Waals surface area contributed by atoms with Crippen LogP contribution in [-0.2, 0) is 0 Å². The molecule has 1 aliphatic heterocycles. The molecule has 5 heterocycles. The van der Waals surface area contributed by atoms with Crippen LogP contribution in [0.3, 0.4) is 0 Å². The minimum atomic E-state index is -3.12. The summed E-state index contributed by atoms with van der Waals surface area (Å²) in [6, 6.07) is 9.12. The lowest BCUT2D eigenvalue weighted by Gasteiger charge is -2.36. The zero-order chi connectivity index (χ0) is 29.4. The largest absolute Gasteiger partial charge is 0.478 e. The number of hydrogen-bond donors (Lipinski definition) is 1. The molecule has 1 atom stereocenters. The van der Waals surface area contributed by atoms with E-state index in [-0.39, 0.29) is 23.6 Å². The predicted molar refractivity (Wildman–Crippen MR) is 148 cm³/mol. The topological polar surface area (TPSA) is 136 Å². The van der Waals surface area contributed by atoms with E-state index in [2.05, 4.69) is 36.4 Å². The summed E-state index contributed by atoms with van der Waals surface area (Å²) in [4.78, 5) is 18.5. The number of aromatic nitrogens is 6. The van der Waals surface area contributed by atoms with E-state index in [0.717, 1.165) is 5.56 Å². The van der Waals surface area contributed by atoms with E-state index in [1.807, 2.05) is 13.0 Å². The highest BCUT2D eigenvalue weighted by molar-refractivity contribution is 6.01. The molecule has 1 fully saturated rings. The number of fused-ring (bicyclic) bond motifs is 2. The molecule has 0 amide bonds. The van der Waals surface area contributed by atoms with Crippen molar-refractivity contribution in [2.75, 3.05) is 32.6 Å². The Morgan fingerprint density at radius 2 is 2.00 bits per heavy atom. The first kappa shape index (κ1) is 27.0. The molecule has 0 spiro atoms. The monoisotopic (exact) mass is 573 g/mol. The van der Waals surface area contributed by atoms with Crippen LogP contribution in [0.1, 0.15) is 17.5 Å². The van der Waals surface area contributed by atoms with Gasteiger partial charge in [-0.25, -0.2) is 28.2 Å². The van der Waals surface area contributed by atoms with E-state index < -0.39 is 18.6 Å². The summed E-state index contributed by atoms with van der Waals surface area (Å²) in [5, 5.41) is 17.5. The summed E-state index contributed by atoms with van der Waals surface area (Å²) in [5.41, 5.74) is 2.80. The summed E-state index contributed by atoms with van der Waals surface area (Å²) < 4.78 is 48.9. The Hall–Kier alpha value is -5.16. The summed E-state index contributed by atoms with van der Waals surface area (Å²) in [7, 11) is 3.01. The van der Waals surface area contributed by atoms with Crippen LogP contribution in [0.25, 0.3) is 16.6 Å². The smallest absolute Gasteiger partial charge is 0.296 e. The Bertz CT molecular complexity index is 1840. The molecule has 0 saturated carbocycles. The lowest BCUT2D eigenvalue weighted by Crippen LogP contribution is -2.52. The molecule has 1 N–H and O–H groups in total. The van der Waals surface area contributed by atoms with Gasteiger partial charge in [0.1, 0.15) is 24.5 Å². The summed E-state index contributed by atoms with van der Waals surface area (Å²) in [6.07, 6.45) is 4.44. The maximum Gasteiger partial charge on any atom is 0.296 e. The molecule has 0 radical (unpaired) electrons. The van der Waals surface area contributed by atoms with Crippen LogP contribution in [0.15, 0.2) is 49.3 Å². The number of rotatable bonds is 7. The van der Waals surface area contributed by atoms with Crippen molar-refractivity contribution in [2.24, 2.45) is 0 Å². The van der Waals surface area contributed by atoms with Crippen LogP contribution in [0.4, 0.5) is 20.2 Å². The van der Waals surface area contributed by atoms with Crippen molar-refractivity contribution < 1.29 is 23.0 Å². The number of nitriles is 1. The van der Waals surface area contributed by atoms with Crippen molar-refractivity contribution in [2.45, 2.75) is 25.4 Å². The van der Waals surface area contributed by atoms with E-state index in [0.29, 0.717) is 46.1 Å². The number of nitrogens with zero attached hydrogens (tertiary/aromatic N) is 8. The van der Waals surface area contributed by atoms with Gasteiger partial charge < -0.3 is 24.4 Å². The number of anilines is 2. The average molecular weight is 574 g/mol. The third kappa shape index (κ3) is 5.06. The molecule has 1 aromatic carbocycles. The highest BCUT2D eigenvalue weighted by atomic mass is 19.3. The van der Waals surface area contributed by atoms with Crippen LogP contribution in [0, 0.1) is 18.3 Å². The van der Waals surface area contributed by atoms with Gasteiger partial charge in [-0.15, -0.1) is 0 Å². The molecule has 12 nitrogen and oxygen atoms in total. The molecule has 42 heavy (non-hydrogen) atoms. The second-order valence-corrected chi connectivity index (χ2v) is 9.91. The van der Waals surface area contributed by atoms with E-state index in [1.165, 1.54) is 36.7 Å². The van der Waals surface area contributed by atoms with Gasteiger partial charge in [0.25, 0.3) is 11.8 Å². The first-order chi connectivity index (χ1) is 20.3. The fraction of sp³-hybridized carbons (Fsp3) is 0.286. The summed E-state index contributed by atoms with van der Waals surface area (Å²) in [5.74, 6) is -2.22. The lowest BCUT2D eigenvalue weighted by atomic mass is 10.0. The molecule has 0 unspecified atom stereocenters. The van der Waals surface area contributed by atoms with Gasteiger partial charge in [0.15, 0.2) is 17.5 Å². The number of alkyl halides is 2. The van der Waals surface area contributed by atoms with Gasteiger partial charge in [-0.2, -0.15) is 10.4 Å². The molecule has 0 aliphatic carbocycles. The van der Waals surface area contributed by atoms with Crippen molar-refractivity contribution in [1.29, 1.82) is 5.26 Å². The van der Waals surface area contributed by atoms with Crippen LogP contribution in [0.5, 0.6) is 23.3 Å². The van der Waals surface area contributed by atoms with Crippen molar-refractivity contribution in [3.05, 3.63) is 60.4 Å². The fourth-order valence-electron chi connectivity index (χ4n) is 4.85. The highest BCUT2D eigenvalue weighted by Crippen LogP contribution is 2.43. The van der Waals surface area contributed by atoms with Crippen molar-refractivity contribution >= 4 is 27.9 Å². The number of benzene rings is 1. The molecular weight excluding hydrogens is 548 g/mol. The normalized spacial score (nSPS) is 16.7. The first-order valence-corrected chi connectivity index (χ1v) is 13.0. The standard InChI is InChI=1S/C28H25F2N9O3/c1-16-8-18(4-5-20(16)41-23-9-22-34-14-36-39(22)15-35-23)37-25-17(10-31)11-32-19-12-33-27(40-3)26(24(19)25)42-21-6-7-38(2)13-28(21,29)30/h4-5,8-9,11-12,14-15,21H,6-7,13H2,1-3H3,(H,32,37)/t21-/m0/s1. The average Bonchev–Trinajstić information content (AvgIpc) is 3.44. The quantitative estimate of drug-likeness (QED) is 0.295. The number of aryl methyl sites for hydroxylation is 1. The maximum absolute atomic E-state index is 15.0. The van der Waals surface area contributed by atoms with Crippen molar-refractivity contribution in [3.63, 3.8) is 0 Å². The number of halogens is 2. The van der Waals surface area contributed by atoms with Gasteiger partial charge in [0.05, 0.1) is 42.0 Å². The van der Waals surface area contributed by atoms with Gasteiger partial charge >= 0.3 is 0 Å². The maximum atomic E-state index is 15.0. The van der Waals surface area contributed by atoms with Crippen molar-refractivity contribution in [1.82, 2.24) is 34.4 Å². The predicted octanol–water partition coefficient (Wildman–Crippen LogP) is 4.51. The molecule has 1 saturated heterocycles. The molecule has 214 valence electrons. The van der Waals surface area contributed by atoms with Crippen LogP contribution >= 0.6 is 0 Å². The number of pyridine rings is 2. The molecule has 4 aromatic heterocycles. The zero-order valence-electron chi connectivity index (χ0n) is 22.9. The fourth-order valence-corrected chi connectivity index (χ4v) is 4.85. The first-order valence-electron chi connectivity index (χ1n) is 13.0. The Balaban J connectivity index is 1.37. The molecular formula is C28H25F2N9O3. The van der Waals surface area contributed by atoms with Crippen LogP contribution < -0.4 is 19.5 Å². The number of methoxy groups -OCH3 is 1. The SMILES string of the molecule is COc1ncc2ncc(C#N)c(Nc3ccc(Oc4cc5ncnn5cn4)c(C)c3)c2c1O[C@H]1CCN(C)CC1(F)F. The van der Waals surface area contributed by atoms with E-state index >= 15 is 0 Å². The van der Waals surface area contributed by atoms with Gasteiger partial charge in [-0.1, -0.05) is 0 Å². The van der Waals surface area contributed by atoms with Gasteiger partial charge in [0, 0.05) is 30.9 Å².